The molecule has 0 aliphatic heterocycles. The number of benzene rings is 2. The third kappa shape index (κ3) is 5.10. The van der Waals surface area contributed by atoms with Gasteiger partial charge in [0.15, 0.2) is 0 Å². The number of aromatic amines is 1. The van der Waals surface area contributed by atoms with Crippen LogP contribution in [0.3, 0.4) is 0 Å². The molecule has 3 N–H and O–H groups in total. The van der Waals surface area contributed by atoms with Gasteiger partial charge >= 0.3 is 0 Å². The zero-order valence-electron chi connectivity index (χ0n) is 15.4. The number of pyridine rings is 1. The van der Waals surface area contributed by atoms with Gasteiger partial charge in [0.05, 0.1) is 0 Å². The minimum Gasteiger partial charge on any atom is -0.491 e. The van der Waals surface area contributed by atoms with Gasteiger partial charge in [0.1, 0.15) is 18.5 Å². The van der Waals surface area contributed by atoms with Gasteiger partial charge in [0, 0.05) is 29.2 Å². The Morgan fingerprint density at radius 1 is 1.19 bits per heavy atom. The second kappa shape index (κ2) is 8.57. The second-order valence-electron chi connectivity index (χ2n) is 6.72. The van der Waals surface area contributed by atoms with Crippen LogP contribution in [0.5, 0.6) is 5.75 Å². The quantitative estimate of drug-likeness (QED) is 0.582. The van der Waals surface area contributed by atoms with Gasteiger partial charge < -0.3 is 20.1 Å². The molecule has 27 heavy (non-hydrogen) atoms. The molecule has 0 aliphatic carbocycles. The normalized spacial score (nSPS) is 12.3. The molecule has 0 bridgehead atoms. The van der Waals surface area contributed by atoms with Crippen molar-refractivity contribution < 1.29 is 9.84 Å². The molecule has 2 aromatic carbocycles. The third-order valence-electron chi connectivity index (χ3n) is 4.35. The molecule has 0 saturated heterocycles. The number of ether oxygens (including phenoxy) is 1. The molecule has 1 aromatic heterocycles. The molecule has 0 saturated carbocycles. The molecule has 3 aromatic rings. The van der Waals surface area contributed by atoms with Crippen molar-refractivity contribution in [3.05, 3.63) is 74.5 Å². The van der Waals surface area contributed by atoms with E-state index in [-0.39, 0.29) is 12.2 Å². The van der Waals surface area contributed by atoms with Crippen molar-refractivity contribution in [2.24, 2.45) is 0 Å². The fraction of sp³-hybridized carbons (Fsp3) is 0.286. The molecule has 3 rings (SSSR count). The summed E-state index contributed by atoms with van der Waals surface area (Å²) in [6, 6.07) is 13.2. The predicted molar refractivity (Wildman–Crippen MR) is 109 cm³/mol. The number of hydrogen-bond donors (Lipinski definition) is 3. The summed E-state index contributed by atoms with van der Waals surface area (Å²) in [6.45, 7) is 4.73. The first-order valence-corrected chi connectivity index (χ1v) is 9.20. The number of H-pyrrole nitrogens is 1. The first-order chi connectivity index (χ1) is 12.9. The van der Waals surface area contributed by atoms with Crippen molar-refractivity contribution >= 4 is 22.5 Å². The Morgan fingerprint density at radius 3 is 2.78 bits per heavy atom. The van der Waals surface area contributed by atoms with E-state index in [1.165, 1.54) is 0 Å². The highest BCUT2D eigenvalue weighted by molar-refractivity contribution is 6.31. The van der Waals surface area contributed by atoms with Gasteiger partial charge in [-0.2, -0.15) is 0 Å². The number of aromatic nitrogens is 1. The van der Waals surface area contributed by atoms with E-state index in [2.05, 4.69) is 10.3 Å². The molecular formula is C21H23ClN2O3. The number of aliphatic hydroxyl groups is 1. The maximum Gasteiger partial charge on any atom is 0.252 e. The van der Waals surface area contributed by atoms with Gasteiger partial charge in [-0.25, -0.2) is 0 Å². The van der Waals surface area contributed by atoms with Gasteiger partial charge in [-0.1, -0.05) is 23.7 Å². The van der Waals surface area contributed by atoms with Gasteiger partial charge in [-0.3, -0.25) is 4.79 Å². The molecular weight excluding hydrogens is 364 g/mol. The SMILES string of the molecule is Cc1ccc2cc(CNC[C@H](O)COc3ccc(Cl)c(C)c3)c(=O)[nH]c2c1. The molecule has 142 valence electrons. The average molecular weight is 387 g/mol. The van der Waals surface area contributed by atoms with Gasteiger partial charge in [0.2, 0.25) is 0 Å². The van der Waals surface area contributed by atoms with Gasteiger partial charge in [-0.15, -0.1) is 0 Å². The van der Waals surface area contributed by atoms with Crippen LogP contribution in [0, 0.1) is 13.8 Å². The highest BCUT2D eigenvalue weighted by Gasteiger charge is 2.08. The highest BCUT2D eigenvalue weighted by atomic mass is 35.5. The third-order valence-corrected chi connectivity index (χ3v) is 4.77. The Hall–Kier alpha value is -2.34. The van der Waals surface area contributed by atoms with Crippen LogP contribution in [-0.2, 0) is 6.54 Å². The number of aliphatic hydroxyl groups excluding tert-OH is 1. The van der Waals surface area contributed by atoms with Gasteiger partial charge in [0.25, 0.3) is 5.56 Å². The molecule has 1 atom stereocenters. The fourth-order valence-corrected chi connectivity index (χ4v) is 2.94. The van der Waals surface area contributed by atoms with Crippen LogP contribution in [0.2, 0.25) is 5.02 Å². The first-order valence-electron chi connectivity index (χ1n) is 8.82. The molecule has 0 aliphatic rings. The van der Waals surface area contributed by atoms with E-state index in [4.69, 9.17) is 16.3 Å². The molecule has 0 amide bonds. The summed E-state index contributed by atoms with van der Waals surface area (Å²) in [6.07, 6.45) is -0.692. The molecule has 6 heteroatoms. The Kier molecular flexibility index (Phi) is 6.16. The maximum absolute atomic E-state index is 12.2. The lowest BCUT2D eigenvalue weighted by Gasteiger charge is -2.14. The molecule has 0 radical (unpaired) electrons. The summed E-state index contributed by atoms with van der Waals surface area (Å²) in [7, 11) is 0. The molecule has 1 heterocycles. The van der Waals surface area contributed by atoms with Crippen LogP contribution in [0.15, 0.2) is 47.3 Å². The Labute approximate surface area is 163 Å². The maximum atomic E-state index is 12.2. The van der Waals surface area contributed by atoms with E-state index in [0.717, 1.165) is 22.0 Å². The fourth-order valence-electron chi connectivity index (χ4n) is 2.82. The van der Waals surface area contributed by atoms with Crippen LogP contribution in [-0.4, -0.2) is 29.3 Å². The van der Waals surface area contributed by atoms with E-state index < -0.39 is 6.10 Å². The smallest absolute Gasteiger partial charge is 0.252 e. The number of halogens is 1. The summed E-state index contributed by atoms with van der Waals surface area (Å²) < 4.78 is 5.58. The molecule has 5 nitrogen and oxygen atoms in total. The van der Waals surface area contributed by atoms with Crippen LogP contribution in [0.4, 0.5) is 0 Å². The molecule has 0 fully saturated rings. The molecule has 0 spiro atoms. The number of nitrogens with one attached hydrogen (secondary N) is 2. The Bertz CT molecular complexity index is 1000. The van der Waals surface area contributed by atoms with Crippen LogP contribution >= 0.6 is 11.6 Å². The number of aryl methyl sites for hydroxylation is 2. The van der Waals surface area contributed by atoms with E-state index in [9.17, 15) is 9.90 Å². The van der Waals surface area contributed by atoms with Crippen molar-refractivity contribution in [1.82, 2.24) is 10.3 Å². The van der Waals surface area contributed by atoms with E-state index in [1.807, 2.05) is 44.2 Å². The van der Waals surface area contributed by atoms with Crippen LogP contribution in [0.1, 0.15) is 16.7 Å². The van der Waals surface area contributed by atoms with Crippen LogP contribution < -0.4 is 15.6 Å². The minimum atomic E-state index is -0.692. The van der Waals surface area contributed by atoms with Crippen LogP contribution in [0.25, 0.3) is 10.9 Å². The topological polar surface area (TPSA) is 74.3 Å². The highest BCUT2D eigenvalue weighted by Crippen LogP contribution is 2.21. The van der Waals surface area contributed by atoms with Crippen molar-refractivity contribution in [2.45, 2.75) is 26.5 Å². The monoisotopic (exact) mass is 386 g/mol. The lowest BCUT2D eigenvalue weighted by atomic mass is 10.1. The number of hydrogen-bond acceptors (Lipinski definition) is 4. The van der Waals surface area contributed by atoms with Crippen molar-refractivity contribution in [1.29, 1.82) is 0 Å². The lowest BCUT2D eigenvalue weighted by Crippen LogP contribution is -2.32. The zero-order chi connectivity index (χ0) is 19.4. The summed E-state index contributed by atoms with van der Waals surface area (Å²) >= 11 is 5.98. The number of fused-ring (bicyclic) bond motifs is 1. The predicted octanol–water partition coefficient (Wildman–Crippen LogP) is 3.33. The Morgan fingerprint density at radius 2 is 2.00 bits per heavy atom. The standard InChI is InChI=1S/C21H23ClN2O3/c1-13-3-4-15-9-16(21(26)24-20(15)7-13)10-23-11-17(25)12-27-18-5-6-19(22)14(2)8-18/h3-9,17,23,25H,10-12H2,1-2H3,(H,24,26)/t17-/m0/s1. The minimum absolute atomic E-state index is 0.122. The Balaban J connectivity index is 1.52. The summed E-state index contributed by atoms with van der Waals surface area (Å²) in [5.41, 5.74) is 3.36. The average Bonchev–Trinajstić information content (AvgIpc) is 2.63. The summed E-state index contributed by atoms with van der Waals surface area (Å²) in [5.74, 6) is 0.664. The largest absolute Gasteiger partial charge is 0.491 e. The van der Waals surface area contributed by atoms with E-state index in [1.54, 1.807) is 12.1 Å². The van der Waals surface area contributed by atoms with E-state index >= 15 is 0 Å². The number of rotatable bonds is 7. The van der Waals surface area contributed by atoms with Gasteiger partial charge in [-0.05, 0) is 60.7 Å². The first kappa shape index (κ1) is 19.4. The summed E-state index contributed by atoms with van der Waals surface area (Å²) in [4.78, 5) is 15.1. The van der Waals surface area contributed by atoms with Crippen molar-refractivity contribution in [3.63, 3.8) is 0 Å². The van der Waals surface area contributed by atoms with Crippen molar-refractivity contribution in [2.75, 3.05) is 13.2 Å². The molecule has 0 unspecified atom stereocenters. The van der Waals surface area contributed by atoms with E-state index in [0.29, 0.717) is 29.4 Å². The zero-order valence-corrected chi connectivity index (χ0v) is 16.1. The lowest BCUT2D eigenvalue weighted by molar-refractivity contribution is 0.106. The second-order valence-corrected chi connectivity index (χ2v) is 7.13. The van der Waals surface area contributed by atoms with Crippen molar-refractivity contribution in [3.8, 4) is 5.75 Å². The summed E-state index contributed by atoms with van der Waals surface area (Å²) in [5, 5.41) is 14.9.